The molecule has 0 amide bonds. The van der Waals surface area contributed by atoms with Crippen molar-refractivity contribution in [3.63, 3.8) is 0 Å². The Morgan fingerprint density at radius 1 is 1.22 bits per heavy atom. The van der Waals surface area contributed by atoms with E-state index in [9.17, 15) is 23.1 Å². The highest BCUT2D eigenvalue weighted by molar-refractivity contribution is 5.88. The molecule has 0 radical (unpaired) electrons. The minimum atomic E-state index is -4.56. The minimum absolute atomic E-state index is 0.0870. The first-order valence-corrected chi connectivity index (χ1v) is 12.2. The number of carbonyl (C=O) groups excluding carboxylic acids is 1. The summed E-state index contributed by atoms with van der Waals surface area (Å²) in [6.45, 7) is 6.55. The van der Waals surface area contributed by atoms with Crippen LogP contribution in [0.2, 0.25) is 0 Å². The number of benzene rings is 1. The van der Waals surface area contributed by atoms with Crippen molar-refractivity contribution in [2.24, 2.45) is 5.92 Å². The minimum Gasteiger partial charge on any atom is -0.383 e. The van der Waals surface area contributed by atoms with Crippen LogP contribution in [0, 0.1) is 5.92 Å². The molecule has 1 fully saturated rings. The Balaban J connectivity index is 1.45. The molecule has 0 unspecified atom stereocenters. The highest BCUT2D eigenvalue weighted by Crippen LogP contribution is 2.34. The fourth-order valence-electron chi connectivity index (χ4n) is 4.46. The Morgan fingerprint density at radius 2 is 1.97 bits per heavy atom. The third-order valence-corrected chi connectivity index (χ3v) is 6.71. The lowest BCUT2D eigenvalue weighted by atomic mass is 9.97. The zero-order valence-electron chi connectivity index (χ0n) is 20.6. The lowest BCUT2D eigenvalue weighted by Gasteiger charge is -2.30. The van der Waals surface area contributed by atoms with Crippen molar-refractivity contribution >= 4 is 23.2 Å². The van der Waals surface area contributed by atoms with Gasteiger partial charge < -0.3 is 21.1 Å². The average Bonchev–Trinajstić information content (AvgIpc) is 2.82. The molecule has 4 N–H and O–H groups in total. The monoisotopic (exact) mass is 506 g/mol. The Kier molecular flexibility index (Phi) is 7.82. The van der Waals surface area contributed by atoms with E-state index in [1.165, 1.54) is 13.8 Å². The normalized spacial score (nSPS) is 17.5. The topological polar surface area (TPSA) is 102 Å². The summed E-state index contributed by atoms with van der Waals surface area (Å²) in [4.78, 5) is 22.2. The standard InChI is InChI=1S/C25H33F3N6O2/c1-24(2,36)21(35)15-34-10-7-17-11-19(4-3-18(17)14-34)32-23-31-13-20(25(26,27)28)22(33-23)30-12-16-5-8-29-9-6-16/h3-4,11,13,16,29,36H,5-10,12,14-15H2,1-2H3,(H2,30,31,32,33). The largest absolute Gasteiger partial charge is 0.421 e. The molecule has 36 heavy (non-hydrogen) atoms. The highest BCUT2D eigenvalue weighted by Gasteiger charge is 2.35. The van der Waals surface area contributed by atoms with Crippen LogP contribution in [0.25, 0.3) is 0 Å². The van der Waals surface area contributed by atoms with Gasteiger partial charge in [0, 0.05) is 31.5 Å². The van der Waals surface area contributed by atoms with Crippen LogP contribution in [-0.2, 0) is 23.9 Å². The highest BCUT2D eigenvalue weighted by atomic mass is 19.4. The van der Waals surface area contributed by atoms with Gasteiger partial charge >= 0.3 is 6.18 Å². The Hall–Kier alpha value is -2.76. The van der Waals surface area contributed by atoms with Crippen LogP contribution in [0.1, 0.15) is 43.4 Å². The number of piperidine rings is 1. The maximum atomic E-state index is 13.5. The van der Waals surface area contributed by atoms with Gasteiger partial charge in [0.05, 0.1) is 6.54 Å². The number of hydrogen-bond donors (Lipinski definition) is 4. The SMILES string of the molecule is CC(C)(O)C(=O)CN1CCc2cc(Nc3ncc(C(F)(F)F)c(NCC4CCNCC4)n3)ccc2C1. The molecule has 8 nitrogen and oxygen atoms in total. The molecule has 0 saturated carbocycles. The molecule has 2 aliphatic heterocycles. The van der Waals surface area contributed by atoms with Crippen LogP contribution in [0.4, 0.5) is 30.6 Å². The van der Waals surface area contributed by atoms with E-state index in [2.05, 4.69) is 25.9 Å². The Labute approximate surface area is 208 Å². The summed E-state index contributed by atoms with van der Waals surface area (Å²) in [5.74, 6) is -0.0708. The number of rotatable bonds is 8. The van der Waals surface area contributed by atoms with Gasteiger partial charge in [-0.1, -0.05) is 6.07 Å². The zero-order valence-corrected chi connectivity index (χ0v) is 20.6. The van der Waals surface area contributed by atoms with Crippen LogP contribution < -0.4 is 16.0 Å². The molecule has 2 aliphatic rings. The van der Waals surface area contributed by atoms with Crippen molar-refractivity contribution in [3.05, 3.63) is 41.1 Å². The van der Waals surface area contributed by atoms with E-state index in [1.54, 1.807) is 0 Å². The van der Waals surface area contributed by atoms with Crippen molar-refractivity contribution in [1.29, 1.82) is 0 Å². The lowest BCUT2D eigenvalue weighted by molar-refractivity contribution is -0.137. The van der Waals surface area contributed by atoms with Gasteiger partial charge in [-0.15, -0.1) is 0 Å². The Bertz CT molecular complexity index is 1080. The lowest BCUT2D eigenvalue weighted by Crippen LogP contribution is -2.42. The zero-order chi connectivity index (χ0) is 25.9. The molecule has 0 bridgehead atoms. The second-order valence-electron chi connectivity index (χ2n) is 10.1. The number of alkyl halides is 3. The number of hydrogen-bond acceptors (Lipinski definition) is 8. The molecule has 0 atom stereocenters. The van der Waals surface area contributed by atoms with E-state index < -0.39 is 17.3 Å². The predicted octanol–water partition coefficient (Wildman–Crippen LogP) is 3.35. The van der Waals surface area contributed by atoms with Gasteiger partial charge in [0.25, 0.3) is 0 Å². The number of ketones is 1. The number of nitrogens with one attached hydrogen (secondary N) is 3. The van der Waals surface area contributed by atoms with Crippen molar-refractivity contribution < 1.29 is 23.1 Å². The smallest absolute Gasteiger partial charge is 0.383 e. The number of fused-ring (bicyclic) bond motifs is 1. The van der Waals surface area contributed by atoms with E-state index in [0.717, 1.165) is 43.3 Å². The quantitative estimate of drug-likeness (QED) is 0.433. The molecule has 11 heteroatoms. The maximum absolute atomic E-state index is 13.5. The first-order valence-electron chi connectivity index (χ1n) is 12.2. The van der Waals surface area contributed by atoms with E-state index in [4.69, 9.17) is 0 Å². The number of halogens is 3. The summed E-state index contributed by atoms with van der Waals surface area (Å²) in [7, 11) is 0. The molecule has 1 aromatic carbocycles. The second-order valence-corrected chi connectivity index (χ2v) is 10.1. The van der Waals surface area contributed by atoms with Crippen LogP contribution in [-0.4, -0.2) is 64.1 Å². The van der Waals surface area contributed by atoms with E-state index in [-0.39, 0.29) is 30.0 Å². The number of aromatic nitrogens is 2. The number of carbonyl (C=O) groups is 1. The van der Waals surface area contributed by atoms with Gasteiger partial charge in [-0.25, -0.2) is 4.98 Å². The fourth-order valence-corrected chi connectivity index (χ4v) is 4.46. The predicted molar refractivity (Wildman–Crippen MR) is 131 cm³/mol. The molecular formula is C25H33F3N6O2. The second kappa shape index (κ2) is 10.7. The van der Waals surface area contributed by atoms with Crippen molar-refractivity contribution in [2.75, 3.05) is 43.4 Å². The summed E-state index contributed by atoms with van der Waals surface area (Å²) in [6, 6.07) is 5.69. The molecule has 196 valence electrons. The van der Waals surface area contributed by atoms with Gasteiger partial charge in [-0.3, -0.25) is 9.69 Å². The van der Waals surface area contributed by atoms with Crippen molar-refractivity contribution in [2.45, 2.75) is 51.4 Å². The van der Waals surface area contributed by atoms with Gasteiger partial charge in [0.15, 0.2) is 5.78 Å². The van der Waals surface area contributed by atoms with E-state index >= 15 is 0 Å². The molecule has 4 rings (SSSR count). The first-order chi connectivity index (χ1) is 17.0. The summed E-state index contributed by atoms with van der Waals surface area (Å²) >= 11 is 0. The summed E-state index contributed by atoms with van der Waals surface area (Å²) < 4.78 is 40.6. The molecule has 1 saturated heterocycles. The van der Waals surface area contributed by atoms with Crippen LogP contribution in [0.3, 0.4) is 0 Å². The van der Waals surface area contributed by atoms with Crippen LogP contribution in [0.15, 0.2) is 24.4 Å². The maximum Gasteiger partial charge on any atom is 0.421 e. The summed E-state index contributed by atoms with van der Waals surface area (Å²) in [6.07, 6.45) is -1.22. The molecular weight excluding hydrogens is 473 g/mol. The van der Waals surface area contributed by atoms with Gasteiger partial charge in [-0.05, 0) is 75.4 Å². The molecule has 0 spiro atoms. The Morgan fingerprint density at radius 3 is 2.67 bits per heavy atom. The third kappa shape index (κ3) is 6.71. The molecule has 0 aliphatic carbocycles. The van der Waals surface area contributed by atoms with E-state index in [0.29, 0.717) is 31.7 Å². The fraction of sp³-hybridized carbons (Fsp3) is 0.560. The molecule has 3 heterocycles. The van der Waals surface area contributed by atoms with Crippen LogP contribution >= 0.6 is 0 Å². The average molecular weight is 507 g/mol. The van der Waals surface area contributed by atoms with E-state index in [1.807, 2.05) is 23.1 Å². The third-order valence-electron chi connectivity index (χ3n) is 6.71. The van der Waals surface area contributed by atoms with Gasteiger partial charge in [0.2, 0.25) is 5.95 Å². The van der Waals surface area contributed by atoms with Gasteiger partial charge in [-0.2, -0.15) is 18.2 Å². The van der Waals surface area contributed by atoms with Crippen molar-refractivity contribution in [3.8, 4) is 0 Å². The van der Waals surface area contributed by atoms with Gasteiger partial charge in [0.1, 0.15) is 17.0 Å². The van der Waals surface area contributed by atoms with Crippen molar-refractivity contribution in [1.82, 2.24) is 20.2 Å². The number of anilines is 3. The number of aliphatic hydroxyl groups is 1. The summed E-state index contributed by atoms with van der Waals surface area (Å²) in [5.41, 5.74) is 0.583. The molecule has 2 aromatic rings. The molecule has 1 aromatic heterocycles. The first kappa shape index (κ1) is 26.3. The number of Topliss-reactive ketones (excluding diaryl/α,β-unsaturated/α-hetero) is 1. The van der Waals surface area contributed by atoms with Crippen LogP contribution in [0.5, 0.6) is 0 Å². The number of nitrogens with zero attached hydrogens (tertiary/aromatic N) is 3. The summed E-state index contributed by atoms with van der Waals surface area (Å²) in [5, 5.41) is 19.1.